The van der Waals surface area contributed by atoms with Crippen LogP contribution >= 0.6 is 23.2 Å². The third-order valence-corrected chi connectivity index (χ3v) is 5.95. The monoisotopic (exact) mass is 352 g/mol. The van der Waals surface area contributed by atoms with Gasteiger partial charge in [-0.1, -0.05) is 23.2 Å². The summed E-state index contributed by atoms with van der Waals surface area (Å²) in [7, 11) is -3.74. The van der Waals surface area contributed by atoms with E-state index in [1.807, 2.05) is 0 Å². The van der Waals surface area contributed by atoms with E-state index in [0.717, 1.165) is 6.54 Å². The summed E-state index contributed by atoms with van der Waals surface area (Å²) in [6.07, 6.45) is -0.187. The zero-order chi connectivity index (χ0) is 15.6. The Hall–Kier alpha value is -0.370. The zero-order valence-electron chi connectivity index (χ0n) is 11.9. The second-order valence-electron chi connectivity index (χ2n) is 4.99. The van der Waals surface area contributed by atoms with Gasteiger partial charge in [0.25, 0.3) is 0 Å². The summed E-state index contributed by atoms with van der Waals surface area (Å²) in [5.41, 5.74) is 1.07. The van der Waals surface area contributed by atoms with Crippen molar-refractivity contribution < 1.29 is 13.2 Å². The summed E-state index contributed by atoms with van der Waals surface area (Å²) in [5, 5.41) is 3.73. The molecule has 1 unspecified atom stereocenters. The van der Waals surface area contributed by atoms with E-state index < -0.39 is 10.0 Å². The molecule has 1 atom stereocenters. The molecule has 0 saturated carbocycles. The minimum absolute atomic E-state index is 0.0398. The number of sulfonamides is 1. The fourth-order valence-corrected chi connectivity index (χ4v) is 4.43. The molecule has 118 valence electrons. The fourth-order valence-electron chi connectivity index (χ4n) is 2.16. The minimum Gasteiger partial charge on any atom is -0.374 e. The third-order valence-electron chi connectivity index (χ3n) is 3.36. The number of aryl methyl sites for hydroxylation is 1. The Morgan fingerprint density at radius 2 is 2.14 bits per heavy atom. The molecule has 8 heteroatoms. The van der Waals surface area contributed by atoms with Crippen LogP contribution in [-0.2, 0) is 14.8 Å². The molecule has 1 aromatic rings. The predicted molar refractivity (Wildman–Crippen MR) is 83.7 cm³/mol. The van der Waals surface area contributed by atoms with E-state index in [9.17, 15) is 8.42 Å². The Balaban J connectivity index is 2.23. The van der Waals surface area contributed by atoms with Gasteiger partial charge in [-0.05, 0) is 31.0 Å². The predicted octanol–water partition coefficient (Wildman–Crippen LogP) is 1.88. The first-order valence-electron chi connectivity index (χ1n) is 6.60. The van der Waals surface area contributed by atoms with Crippen LogP contribution in [0.25, 0.3) is 0 Å². The maximum Gasteiger partial charge on any atom is 0.242 e. The highest BCUT2D eigenvalue weighted by molar-refractivity contribution is 7.89. The van der Waals surface area contributed by atoms with Crippen molar-refractivity contribution in [1.29, 1.82) is 0 Å². The number of rotatable bonds is 4. The van der Waals surface area contributed by atoms with Crippen molar-refractivity contribution in [3.05, 3.63) is 27.2 Å². The number of hydrogen-bond acceptors (Lipinski definition) is 4. The Morgan fingerprint density at radius 1 is 1.43 bits per heavy atom. The van der Waals surface area contributed by atoms with Crippen molar-refractivity contribution in [3.8, 4) is 0 Å². The highest BCUT2D eigenvalue weighted by Gasteiger charge is 2.25. The summed E-state index contributed by atoms with van der Waals surface area (Å²) in [6, 6.07) is 1.66. The first kappa shape index (κ1) is 17.0. The lowest BCUT2D eigenvalue weighted by molar-refractivity contribution is 0.0324. The number of benzene rings is 1. The molecular formula is C13H18Cl2N2O3S. The Morgan fingerprint density at radius 3 is 2.76 bits per heavy atom. The molecule has 1 saturated heterocycles. The maximum absolute atomic E-state index is 12.5. The molecule has 0 bridgehead atoms. The molecule has 1 heterocycles. The number of nitrogens with one attached hydrogen (secondary N) is 2. The van der Waals surface area contributed by atoms with Crippen molar-refractivity contribution in [2.75, 3.05) is 26.2 Å². The maximum atomic E-state index is 12.5. The molecule has 0 aliphatic carbocycles. The van der Waals surface area contributed by atoms with E-state index in [1.54, 1.807) is 19.9 Å². The second-order valence-corrected chi connectivity index (χ2v) is 7.48. The average Bonchev–Trinajstić information content (AvgIpc) is 2.44. The molecule has 1 fully saturated rings. The van der Waals surface area contributed by atoms with Gasteiger partial charge in [-0.15, -0.1) is 0 Å². The van der Waals surface area contributed by atoms with E-state index in [1.165, 1.54) is 0 Å². The van der Waals surface area contributed by atoms with Crippen molar-refractivity contribution >= 4 is 33.2 Å². The van der Waals surface area contributed by atoms with Crippen molar-refractivity contribution in [2.24, 2.45) is 0 Å². The highest BCUT2D eigenvalue weighted by atomic mass is 35.5. The Bertz CT molecular complexity index is 603. The van der Waals surface area contributed by atoms with E-state index in [0.29, 0.717) is 29.3 Å². The summed E-state index contributed by atoms with van der Waals surface area (Å²) in [6.45, 7) is 5.52. The summed E-state index contributed by atoms with van der Waals surface area (Å²) >= 11 is 12.2. The van der Waals surface area contributed by atoms with Crippen LogP contribution in [0.15, 0.2) is 11.0 Å². The first-order chi connectivity index (χ1) is 9.83. The molecule has 2 rings (SSSR count). The van der Waals surface area contributed by atoms with E-state index in [2.05, 4.69) is 10.0 Å². The van der Waals surface area contributed by atoms with Crippen LogP contribution in [0.2, 0.25) is 10.0 Å². The van der Waals surface area contributed by atoms with Gasteiger partial charge in [0.1, 0.15) is 4.90 Å². The first-order valence-corrected chi connectivity index (χ1v) is 8.84. The molecule has 21 heavy (non-hydrogen) atoms. The Labute approximate surface area is 135 Å². The smallest absolute Gasteiger partial charge is 0.242 e. The summed E-state index contributed by atoms with van der Waals surface area (Å²) in [5.74, 6) is 0. The van der Waals surface area contributed by atoms with Gasteiger partial charge in [-0.3, -0.25) is 0 Å². The standard InChI is InChI=1S/C13H18Cl2N2O3S/c1-8-5-11(14)9(2)13(12(8)15)21(18,19)17-7-10-6-16-3-4-20-10/h5,10,16-17H,3-4,6-7H2,1-2H3. The van der Waals surface area contributed by atoms with Crippen LogP contribution in [0.4, 0.5) is 0 Å². The number of hydrogen-bond donors (Lipinski definition) is 2. The minimum atomic E-state index is -3.74. The average molecular weight is 353 g/mol. The topological polar surface area (TPSA) is 67.4 Å². The Kier molecular flexibility index (Phi) is 5.51. The normalized spacial score (nSPS) is 19.7. The van der Waals surface area contributed by atoms with Crippen LogP contribution in [0.5, 0.6) is 0 Å². The third kappa shape index (κ3) is 3.88. The van der Waals surface area contributed by atoms with Crippen LogP contribution in [0.1, 0.15) is 11.1 Å². The van der Waals surface area contributed by atoms with Crippen LogP contribution < -0.4 is 10.0 Å². The van der Waals surface area contributed by atoms with Gasteiger partial charge in [0.15, 0.2) is 0 Å². The molecular weight excluding hydrogens is 335 g/mol. The van der Waals surface area contributed by atoms with Crippen molar-refractivity contribution in [2.45, 2.75) is 24.8 Å². The zero-order valence-corrected chi connectivity index (χ0v) is 14.2. The highest BCUT2D eigenvalue weighted by Crippen LogP contribution is 2.33. The summed E-state index contributed by atoms with van der Waals surface area (Å²) < 4.78 is 33.0. The molecule has 1 aromatic carbocycles. The second kappa shape index (κ2) is 6.81. The molecule has 0 amide bonds. The van der Waals surface area contributed by atoms with Gasteiger partial charge in [0.2, 0.25) is 10.0 Å². The molecule has 0 radical (unpaired) electrons. The largest absolute Gasteiger partial charge is 0.374 e. The van der Waals surface area contributed by atoms with E-state index >= 15 is 0 Å². The molecule has 5 nitrogen and oxygen atoms in total. The van der Waals surface area contributed by atoms with Gasteiger partial charge in [-0.25, -0.2) is 13.1 Å². The van der Waals surface area contributed by atoms with E-state index in [-0.39, 0.29) is 22.6 Å². The lowest BCUT2D eigenvalue weighted by atomic mass is 10.2. The number of halogens is 2. The van der Waals surface area contributed by atoms with Gasteiger partial charge in [0.05, 0.1) is 17.7 Å². The SMILES string of the molecule is Cc1cc(Cl)c(C)c(S(=O)(=O)NCC2CNCCO2)c1Cl. The van der Waals surface area contributed by atoms with Gasteiger partial charge >= 0.3 is 0 Å². The van der Waals surface area contributed by atoms with Crippen LogP contribution in [-0.4, -0.2) is 40.8 Å². The van der Waals surface area contributed by atoms with Crippen molar-refractivity contribution in [1.82, 2.24) is 10.0 Å². The van der Waals surface area contributed by atoms with Crippen LogP contribution in [0, 0.1) is 13.8 Å². The number of ether oxygens (including phenoxy) is 1. The lowest BCUT2D eigenvalue weighted by Gasteiger charge is -2.24. The van der Waals surface area contributed by atoms with Crippen LogP contribution in [0.3, 0.4) is 0 Å². The molecule has 2 N–H and O–H groups in total. The molecule has 0 aromatic heterocycles. The molecule has 1 aliphatic rings. The number of morpholine rings is 1. The lowest BCUT2D eigenvalue weighted by Crippen LogP contribution is -2.45. The van der Waals surface area contributed by atoms with Crippen molar-refractivity contribution in [3.63, 3.8) is 0 Å². The molecule has 1 aliphatic heterocycles. The quantitative estimate of drug-likeness (QED) is 0.867. The van der Waals surface area contributed by atoms with Gasteiger partial charge in [-0.2, -0.15) is 0 Å². The van der Waals surface area contributed by atoms with Gasteiger partial charge in [0, 0.05) is 24.7 Å². The molecule has 0 spiro atoms. The van der Waals surface area contributed by atoms with Gasteiger partial charge < -0.3 is 10.1 Å². The van der Waals surface area contributed by atoms with E-state index in [4.69, 9.17) is 27.9 Å². The fraction of sp³-hybridized carbons (Fsp3) is 0.538. The summed E-state index contributed by atoms with van der Waals surface area (Å²) in [4.78, 5) is 0.0398.